The third kappa shape index (κ3) is 3.72. The monoisotopic (exact) mass is 380 g/mol. The summed E-state index contributed by atoms with van der Waals surface area (Å²) in [7, 11) is 0. The molecule has 0 spiro atoms. The number of hydrogen-bond acceptors (Lipinski definition) is 5. The van der Waals surface area contributed by atoms with Gasteiger partial charge in [-0.25, -0.2) is 0 Å². The molecule has 1 aliphatic rings. The van der Waals surface area contributed by atoms with Gasteiger partial charge in [0.1, 0.15) is 5.01 Å². The van der Waals surface area contributed by atoms with Crippen LogP contribution in [0.2, 0.25) is 0 Å². The highest BCUT2D eigenvalue weighted by molar-refractivity contribution is 7.15. The van der Waals surface area contributed by atoms with E-state index in [2.05, 4.69) is 36.3 Å². The molecule has 27 heavy (non-hydrogen) atoms. The first-order valence-corrected chi connectivity index (χ1v) is 10.4. The number of aromatic nitrogens is 3. The van der Waals surface area contributed by atoms with E-state index in [4.69, 9.17) is 4.98 Å². The Bertz CT molecular complexity index is 995. The summed E-state index contributed by atoms with van der Waals surface area (Å²) in [5.74, 6) is 0.969. The lowest BCUT2D eigenvalue weighted by Crippen LogP contribution is -2.21. The van der Waals surface area contributed by atoms with Crippen LogP contribution in [-0.2, 0) is 19.3 Å². The minimum atomic E-state index is -0.105. The van der Waals surface area contributed by atoms with E-state index in [9.17, 15) is 4.79 Å². The van der Waals surface area contributed by atoms with Crippen molar-refractivity contribution in [2.75, 3.05) is 5.32 Å². The predicted octanol–water partition coefficient (Wildman–Crippen LogP) is 4.66. The van der Waals surface area contributed by atoms with Crippen LogP contribution in [0.25, 0.3) is 10.9 Å². The lowest BCUT2D eigenvalue weighted by Gasteiger charge is -2.24. The van der Waals surface area contributed by atoms with Gasteiger partial charge in [-0.05, 0) is 42.7 Å². The minimum absolute atomic E-state index is 0.105. The van der Waals surface area contributed by atoms with Crippen molar-refractivity contribution in [3.63, 3.8) is 0 Å². The zero-order valence-electron chi connectivity index (χ0n) is 16.0. The van der Waals surface area contributed by atoms with Crippen LogP contribution in [0.3, 0.4) is 0 Å². The molecule has 3 aromatic rings. The van der Waals surface area contributed by atoms with Crippen molar-refractivity contribution < 1.29 is 4.79 Å². The summed E-state index contributed by atoms with van der Waals surface area (Å²) < 4.78 is 0. The standard InChI is InChI=1S/C21H24N4OS/c1-12(2)10-18-24-25-21(27-18)23-20(26)19-14-6-4-5-7-16(14)22-17-9-8-13(3)11-15(17)19/h4-7,12-13H,8-11H2,1-3H3,(H,23,25,26). The summed E-state index contributed by atoms with van der Waals surface area (Å²) in [5, 5.41) is 13.8. The summed E-state index contributed by atoms with van der Waals surface area (Å²) in [4.78, 5) is 18.1. The largest absolute Gasteiger partial charge is 0.296 e. The Hall–Kier alpha value is -2.34. The minimum Gasteiger partial charge on any atom is -0.296 e. The molecule has 0 saturated carbocycles. The number of nitrogens with one attached hydrogen (secondary N) is 1. The topological polar surface area (TPSA) is 67.8 Å². The fourth-order valence-electron chi connectivity index (χ4n) is 3.72. The lowest BCUT2D eigenvalue weighted by atomic mass is 9.84. The Kier molecular flexibility index (Phi) is 4.91. The highest BCUT2D eigenvalue weighted by Crippen LogP contribution is 2.32. The average molecular weight is 381 g/mol. The number of nitrogens with zero attached hydrogens (tertiary/aromatic N) is 3. The average Bonchev–Trinajstić information content (AvgIpc) is 3.05. The van der Waals surface area contributed by atoms with Crippen molar-refractivity contribution in [1.29, 1.82) is 0 Å². The van der Waals surface area contributed by atoms with Crippen molar-refractivity contribution in [1.82, 2.24) is 15.2 Å². The van der Waals surface area contributed by atoms with Crippen LogP contribution in [0, 0.1) is 11.8 Å². The van der Waals surface area contributed by atoms with Gasteiger partial charge in [0.15, 0.2) is 0 Å². The van der Waals surface area contributed by atoms with Crippen molar-refractivity contribution >= 4 is 33.3 Å². The van der Waals surface area contributed by atoms with Crippen LogP contribution >= 0.6 is 11.3 Å². The number of para-hydroxylation sites is 1. The van der Waals surface area contributed by atoms with Gasteiger partial charge < -0.3 is 0 Å². The number of fused-ring (bicyclic) bond motifs is 2. The molecule has 1 amide bonds. The summed E-state index contributed by atoms with van der Waals surface area (Å²) in [6.45, 7) is 6.54. The second kappa shape index (κ2) is 7.35. The molecule has 2 aromatic heterocycles. The summed E-state index contributed by atoms with van der Waals surface area (Å²) in [6.07, 6.45) is 3.82. The van der Waals surface area contributed by atoms with Crippen LogP contribution in [0.5, 0.6) is 0 Å². The van der Waals surface area contributed by atoms with Crippen molar-refractivity contribution in [3.05, 3.63) is 46.1 Å². The van der Waals surface area contributed by atoms with E-state index < -0.39 is 0 Å². The van der Waals surface area contributed by atoms with Gasteiger partial charge in [0.05, 0.1) is 11.1 Å². The normalized spacial score (nSPS) is 16.5. The number of benzene rings is 1. The molecule has 1 atom stereocenters. The maximum atomic E-state index is 13.2. The number of aryl methyl sites for hydroxylation is 1. The predicted molar refractivity (Wildman–Crippen MR) is 109 cm³/mol. The summed E-state index contributed by atoms with van der Waals surface area (Å²) in [6, 6.07) is 7.90. The molecule has 1 aliphatic carbocycles. The number of carbonyl (C=O) groups is 1. The van der Waals surface area contributed by atoms with Gasteiger partial charge in [-0.1, -0.05) is 50.3 Å². The molecule has 0 radical (unpaired) electrons. The van der Waals surface area contributed by atoms with Gasteiger partial charge in [0, 0.05) is 17.5 Å². The van der Waals surface area contributed by atoms with Crippen molar-refractivity contribution in [2.24, 2.45) is 11.8 Å². The smallest absolute Gasteiger partial charge is 0.258 e. The fraction of sp³-hybridized carbons (Fsp3) is 0.429. The molecule has 1 N–H and O–H groups in total. The van der Waals surface area contributed by atoms with Crippen molar-refractivity contribution in [3.8, 4) is 0 Å². The molecule has 0 aliphatic heterocycles. The summed E-state index contributed by atoms with van der Waals surface area (Å²) >= 11 is 1.46. The van der Waals surface area contributed by atoms with Crippen LogP contribution < -0.4 is 5.32 Å². The number of carbonyl (C=O) groups excluding carboxylic acids is 1. The zero-order chi connectivity index (χ0) is 19.0. The molecule has 1 aromatic carbocycles. The molecule has 1 unspecified atom stereocenters. The second-order valence-electron chi connectivity index (χ2n) is 7.83. The molecule has 0 fully saturated rings. The number of amides is 1. The Morgan fingerprint density at radius 3 is 2.93 bits per heavy atom. The van der Waals surface area contributed by atoms with Crippen LogP contribution in [0.1, 0.15) is 53.8 Å². The van der Waals surface area contributed by atoms with E-state index in [1.807, 2.05) is 24.3 Å². The highest BCUT2D eigenvalue weighted by atomic mass is 32.1. The molecule has 4 rings (SSSR count). The molecule has 0 bridgehead atoms. The van der Waals surface area contributed by atoms with Gasteiger partial charge in [0.25, 0.3) is 5.91 Å². The van der Waals surface area contributed by atoms with Crippen LogP contribution in [0.15, 0.2) is 24.3 Å². The van der Waals surface area contributed by atoms with E-state index in [-0.39, 0.29) is 5.91 Å². The zero-order valence-corrected chi connectivity index (χ0v) is 16.8. The van der Waals surface area contributed by atoms with Gasteiger partial charge in [-0.15, -0.1) is 10.2 Å². The maximum absolute atomic E-state index is 13.2. The molecular formula is C21H24N4OS. The SMILES string of the molecule is CC(C)Cc1nnc(NC(=O)c2c3c(nc4ccccc24)CCC(C)C3)s1. The van der Waals surface area contributed by atoms with Gasteiger partial charge in [0.2, 0.25) is 5.13 Å². The molecule has 2 heterocycles. The van der Waals surface area contributed by atoms with Gasteiger partial charge in [-0.3, -0.25) is 15.1 Å². The number of anilines is 1. The Balaban J connectivity index is 1.72. The van der Waals surface area contributed by atoms with Crippen LogP contribution in [0.4, 0.5) is 5.13 Å². The molecule has 140 valence electrons. The van der Waals surface area contributed by atoms with Gasteiger partial charge >= 0.3 is 0 Å². The first-order valence-electron chi connectivity index (χ1n) is 9.55. The Morgan fingerprint density at radius 2 is 2.11 bits per heavy atom. The van der Waals surface area contributed by atoms with Gasteiger partial charge in [-0.2, -0.15) is 0 Å². The second-order valence-corrected chi connectivity index (χ2v) is 8.89. The maximum Gasteiger partial charge on any atom is 0.258 e. The number of rotatable bonds is 4. The Morgan fingerprint density at radius 1 is 1.30 bits per heavy atom. The first kappa shape index (κ1) is 18.0. The van der Waals surface area contributed by atoms with E-state index in [0.29, 0.717) is 17.0 Å². The molecule has 0 saturated heterocycles. The van der Waals surface area contributed by atoms with E-state index in [1.165, 1.54) is 11.3 Å². The van der Waals surface area contributed by atoms with Crippen LogP contribution in [-0.4, -0.2) is 21.1 Å². The third-order valence-electron chi connectivity index (χ3n) is 5.00. The quantitative estimate of drug-likeness (QED) is 0.715. The first-order chi connectivity index (χ1) is 13.0. The summed E-state index contributed by atoms with van der Waals surface area (Å²) in [5.41, 5.74) is 3.79. The Labute approximate surface area is 163 Å². The fourth-order valence-corrected chi connectivity index (χ4v) is 4.66. The molecule has 6 heteroatoms. The van der Waals surface area contributed by atoms with Crippen molar-refractivity contribution in [2.45, 2.75) is 46.5 Å². The van der Waals surface area contributed by atoms with E-state index in [0.717, 1.165) is 58.4 Å². The number of hydrogen-bond donors (Lipinski definition) is 1. The van der Waals surface area contributed by atoms with E-state index >= 15 is 0 Å². The van der Waals surface area contributed by atoms with E-state index in [1.54, 1.807) is 0 Å². The number of pyridine rings is 1. The molecular weight excluding hydrogens is 356 g/mol. The molecule has 5 nitrogen and oxygen atoms in total. The lowest BCUT2D eigenvalue weighted by molar-refractivity contribution is 0.102. The third-order valence-corrected chi connectivity index (χ3v) is 5.86. The highest BCUT2D eigenvalue weighted by Gasteiger charge is 2.25.